The van der Waals surface area contributed by atoms with Gasteiger partial charge in [-0.2, -0.15) is 0 Å². The third-order valence-corrected chi connectivity index (χ3v) is 3.69. The number of hydrogen-bond acceptors (Lipinski definition) is 3. The van der Waals surface area contributed by atoms with E-state index in [0.29, 0.717) is 6.04 Å². The molecule has 3 heteroatoms. The Morgan fingerprint density at radius 1 is 1.30 bits per heavy atom. The number of likely N-dealkylation sites (N-methyl/N-ethyl adjacent to an activating group) is 1. The van der Waals surface area contributed by atoms with Crippen LogP contribution in [0.2, 0.25) is 0 Å². The first kappa shape index (κ1) is 15.3. The first-order valence-electron chi connectivity index (χ1n) is 7.67. The highest BCUT2D eigenvalue weighted by molar-refractivity contribution is 5.39. The molecule has 0 saturated heterocycles. The van der Waals surface area contributed by atoms with E-state index < -0.39 is 0 Å². The largest absolute Gasteiger partial charge is 0.493 e. The average molecular weight is 276 g/mol. The maximum absolute atomic E-state index is 5.56. The molecule has 0 bridgehead atoms. The normalized spacial score (nSPS) is 15.5. The van der Waals surface area contributed by atoms with Crippen molar-refractivity contribution < 1.29 is 4.74 Å². The second kappa shape index (κ2) is 7.09. The maximum Gasteiger partial charge on any atom is 0.122 e. The van der Waals surface area contributed by atoms with E-state index in [2.05, 4.69) is 56.4 Å². The zero-order valence-corrected chi connectivity index (χ0v) is 13.3. The van der Waals surface area contributed by atoms with Crippen LogP contribution in [0, 0.1) is 5.92 Å². The highest BCUT2D eigenvalue weighted by Crippen LogP contribution is 2.25. The molecule has 1 aliphatic rings. The van der Waals surface area contributed by atoms with Gasteiger partial charge < -0.3 is 15.0 Å². The summed E-state index contributed by atoms with van der Waals surface area (Å²) in [5.74, 6) is 1.79. The summed E-state index contributed by atoms with van der Waals surface area (Å²) < 4.78 is 5.56. The van der Waals surface area contributed by atoms with Gasteiger partial charge in [-0.3, -0.25) is 0 Å². The van der Waals surface area contributed by atoms with Crippen LogP contribution in [0.15, 0.2) is 18.2 Å². The average Bonchev–Trinajstić information content (AvgIpc) is 2.81. The lowest BCUT2D eigenvalue weighted by Crippen LogP contribution is -2.38. The van der Waals surface area contributed by atoms with Crippen molar-refractivity contribution in [2.24, 2.45) is 5.92 Å². The molecule has 1 N–H and O–H groups in total. The van der Waals surface area contributed by atoms with Crippen LogP contribution in [-0.2, 0) is 13.0 Å². The summed E-state index contributed by atoms with van der Waals surface area (Å²) in [5, 5.41) is 3.71. The molecule has 0 saturated carbocycles. The molecule has 0 amide bonds. The molecule has 112 valence electrons. The zero-order valence-electron chi connectivity index (χ0n) is 13.3. The molecule has 3 nitrogen and oxygen atoms in total. The fourth-order valence-corrected chi connectivity index (χ4v) is 2.84. The Morgan fingerprint density at radius 2 is 2.10 bits per heavy atom. The second-order valence-corrected chi connectivity index (χ2v) is 6.51. The van der Waals surface area contributed by atoms with Crippen molar-refractivity contribution in [3.05, 3.63) is 29.3 Å². The van der Waals surface area contributed by atoms with E-state index in [1.54, 1.807) is 0 Å². The molecular formula is C17H28N2O. The summed E-state index contributed by atoms with van der Waals surface area (Å²) in [6.45, 7) is 7.45. The van der Waals surface area contributed by atoms with Gasteiger partial charge in [0.25, 0.3) is 0 Å². The number of hydrogen-bond donors (Lipinski definition) is 1. The van der Waals surface area contributed by atoms with Crippen LogP contribution in [-0.4, -0.2) is 38.2 Å². The molecular weight excluding hydrogens is 248 g/mol. The van der Waals surface area contributed by atoms with E-state index in [1.807, 2.05) is 0 Å². The molecule has 2 rings (SSSR count). The Bertz CT molecular complexity index is 419. The van der Waals surface area contributed by atoms with Gasteiger partial charge in [0.05, 0.1) is 6.61 Å². The number of benzene rings is 1. The van der Waals surface area contributed by atoms with Crippen LogP contribution >= 0.6 is 0 Å². The minimum Gasteiger partial charge on any atom is -0.493 e. The highest BCUT2D eigenvalue weighted by Gasteiger charge is 2.14. The minimum atomic E-state index is 0.550. The summed E-state index contributed by atoms with van der Waals surface area (Å²) in [6, 6.07) is 7.13. The predicted molar refractivity (Wildman–Crippen MR) is 84.3 cm³/mol. The van der Waals surface area contributed by atoms with Gasteiger partial charge in [-0.1, -0.05) is 26.0 Å². The summed E-state index contributed by atoms with van der Waals surface area (Å²) in [5.41, 5.74) is 2.72. The van der Waals surface area contributed by atoms with Gasteiger partial charge in [0.1, 0.15) is 5.75 Å². The molecule has 1 aromatic carbocycles. The van der Waals surface area contributed by atoms with Gasteiger partial charge in [-0.15, -0.1) is 0 Å². The van der Waals surface area contributed by atoms with Gasteiger partial charge in [0, 0.05) is 25.6 Å². The molecule has 0 aromatic heterocycles. The van der Waals surface area contributed by atoms with Crippen LogP contribution in [0.3, 0.4) is 0 Å². The van der Waals surface area contributed by atoms with E-state index in [4.69, 9.17) is 4.74 Å². The molecule has 20 heavy (non-hydrogen) atoms. The van der Waals surface area contributed by atoms with Crippen LogP contribution in [0.25, 0.3) is 0 Å². The fraction of sp³-hybridized carbons (Fsp3) is 0.647. The Kier molecular flexibility index (Phi) is 5.44. The quantitative estimate of drug-likeness (QED) is 0.828. The molecule has 0 radical (unpaired) electrons. The lowest BCUT2D eigenvalue weighted by atomic mass is 10.0. The lowest BCUT2D eigenvalue weighted by Gasteiger charge is -2.24. The fourth-order valence-electron chi connectivity index (χ4n) is 2.84. The molecule has 0 aliphatic carbocycles. The SMILES string of the molecule is CC(C)CC(CN(C)C)NCc1ccc2c(c1)CCO2. The molecule has 1 unspecified atom stereocenters. The molecule has 1 aliphatic heterocycles. The van der Waals surface area contributed by atoms with Gasteiger partial charge in [-0.05, 0) is 43.6 Å². The Balaban J connectivity index is 1.91. The molecule has 1 aromatic rings. The van der Waals surface area contributed by atoms with Gasteiger partial charge in [0.2, 0.25) is 0 Å². The van der Waals surface area contributed by atoms with E-state index >= 15 is 0 Å². The molecule has 1 atom stereocenters. The summed E-state index contributed by atoms with van der Waals surface area (Å²) in [4.78, 5) is 2.26. The summed E-state index contributed by atoms with van der Waals surface area (Å²) in [7, 11) is 4.28. The lowest BCUT2D eigenvalue weighted by molar-refractivity contribution is 0.305. The Labute approximate surface area is 123 Å². The van der Waals surface area contributed by atoms with Crippen molar-refractivity contribution in [1.29, 1.82) is 0 Å². The molecule has 1 heterocycles. The topological polar surface area (TPSA) is 24.5 Å². The Morgan fingerprint density at radius 3 is 2.80 bits per heavy atom. The van der Waals surface area contributed by atoms with Gasteiger partial charge in [-0.25, -0.2) is 0 Å². The standard InChI is InChI=1S/C17H28N2O/c1-13(2)9-16(12-19(3)4)18-11-14-5-6-17-15(10-14)7-8-20-17/h5-6,10,13,16,18H,7-9,11-12H2,1-4H3. The van der Waals surface area contributed by atoms with Crippen LogP contribution in [0.1, 0.15) is 31.4 Å². The van der Waals surface area contributed by atoms with E-state index in [0.717, 1.165) is 37.8 Å². The van der Waals surface area contributed by atoms with Crippen LogP contribution < -0.4 is 10.1 Å². The number of nitrogens with one attached hydrogen (secondary N) is 1. The van der Waals surface area contributed by atoms with Crippen molar-refractivity contribution in [3.63, 3.8) is 0 Å². The summed E-state index contributed by atoms with van der Waals surface area (Å²) in [6.07, 6.45) is 2.27. The number of ether oxygens (including phenoxy) is 1. The number of rotatable bonds is 7. The third kappa shape index (κ3) is 4.50. The highest BCUT2D eigenvalue weighted by atomic mass is 16.5. The monoisotopic (exact) mass is 276 g/mol. The first-order chi connectivity index (χ1) is 9.54. The van der Waals surface area contributed by atoms with Crippen molar-refractivity contribution in [2.45, 2.75) is 39.3 Å². The second-order valence-electron chi connectivity index (χ2n) is 6.51. The van der Waals surface area contributed by atoms with Crippen LogP contribution in [0.4, 0.5) is 0 Å². The van der Waals surface area contributed by atoms with E-state index in [9.17, 15) is 0 Å². The summed E-state index contributed by atoms with van der Waals surface area (Å²) >= 11 is 0. The number of fused-ring (bicyclic) bond motifs is 1. The predicted octanol–water partition coefficient (Wildman–Crippen LogP) is 2.69. The third-order valence-electron chi connectivity index (χ3n) is 3.69. The van der Waals surface area contributed by atoms with Gasteiger partial charge >= 0.3 is 0 Å². The van der Waals surface area contributed by atoms with Crippen molar-refractivity contribution in [1.82, 2.24) is 10.2 Å². The van der Waals surface area contributed by atoms with Crippen LogP contribution in [0.5, 0.6) is 5.75 Å². The van der Waals surface area contributed by atoms with E-state index in [-0.39, 0.29) is 0 Å². The molecule has 0 fully saturated rings. The minimum absolute atomic E-state index is 0.550. The van der Waals surface area contributed by atoms with Crippen molar-refractivity contribution in [3.8, 4) is 5.75 Å². The van der Waals surface area contributed by atoms with Gasteiger partial charge in [0.15, 0.2) is 0 Å². The van der Waals surface area contributed by atoms with Crippen molar-refractivity contribution in [2.75, 3.05) is 27.2 Å². The maximum atomic E-state index is 5.56. The first-order valence-corrected chi connectivity index (χ1v) is 7.67. The smallest absolute Gasteiger partial charge is 0.122 e. The molecule has 0 spiro atoms. The van der Waals surface area contributed by atoms with Crippen molar-refractivity contribution >= 4 is 0 Å². The number of nitrogens with zero attached hydrogens (tertiary/aromatic N) is 1. The Hall–Kier alpha value is -1.06. The van der Waals surface area contributed by atoms with E-state index in [1.165, 1.54) is 17.5 Å². The zero-order chi connectivity index (χ0) is 14.5.